The molecule has 34 heteroatoms. The Hall–Kier alpha value is -2.07. The van der Waals surface area contributed by atoms with Crippen molar-refractivity contribution < 1.29 is 168 Å². The minimum atomic E-state index is -2.13. The molecule has 39 unspecified atom stereocenters. The zero-order chi connectivity index (χ0) is 73.3. The van der Waals surface area contributed by atoms with Crippen LogP contribution >= 0.6 is 0 Å². The predicted molar refractivity (Wildman–Crippen MR) is 332 cm³/mol. The second-order valence-electron chi connectivity index (χ2n) is 32.6. The van der Waals surface area contributed by atoms with Crippen molar-refractivity contribution in [3.05, 3.63) is 11.6 Å². The third-order valence-electron chi connectivity index (χ3n) is 26.0. The zero-order valence-electron chi connectivity index (χ0n) is 57.8. The maximum atomic E-state index is 15.7. The van der Waals surface area contributed by atoms with E-state index < -0.39 is 282 Å². The second-order valence-corrected chi connectivity index (χ2v) is 32.6. The van der Waals surface area contributed by atoms with Gasteiger partial charge in [0.05, 0.1) is 76.6 Å². The van der Waals surface area contributed by atoms with Gasteiger partial charge in [0.1, 0.15) is 122 Å². The maximum Gasteiger partial charge on any atom is 0.315 e. The summed E-state index contributed by atoms with van der Waals surface area (Å²) in [5.74, 6) is -1.50. The fraction of sp³-hybridized carbons (Fsp3) is 0.955. The highest BCUT2D eigenvalue weighted by atomic mass is 16.8. The van der Waals surface area contributed by atoms with E-state index in [1.54, 1.807) is 0 Å². The molecule has 4 saturated carbocycles. The highest BCUT2D eigenvalue weighted by molar-refractivity contribution is 5.79. The molecule has 12 rings (SSSR count). The van der Waals surface area contributed by atoms with Crippen LogP contribution in [-0.4, -0.2) is 346 Å². The third kappa shape index (κ3) is 13.5. The van der Waals surface area contributed by atoms with Gasteiger partial charge in [-0.25, -0.2) is 0 Å². The maximum absolute atomic E-state index is 15.7. The van der Waals surface area contributed by atoms with Crippen LogP contribution in [0.5, 0.6) is 0 Å². The number of aliphatic hydroxyl groups is 19. The van der Waals surface area contributed by atoms with Crippen molar-refractivity contribution in [2.75, 3.05) is 52.9 Å². The summed E-state index contributed by atoms with van der Waals surface area (Å²) in [6, 6.07) is 0. The van der Waals surface area contributed by atoms with Gasteiger partial charge in [-0.15, -0.1) is 0 Å². The number of aliphatic hydroxyl groups excluding tert-OH is 18. The van der Waals surface area contributed by atoms with E-state index in [2.05, 4.69) is 40.7 Å². The van der Waals surface area contributed by atoms with Crippen molar-refractivity contribution in [2.24, 2.45) is 50.2 Å². The van der Waals surface area contributed by atoms with E-state index in [1.807, 2.05) is 6.92 Å². The predicted octanol–water partition coefficient (Wildman–Crippen LogP) is -6.39. The van der Waals surface area contributed by atoms with Gasteiger partial charge in [0.2, 0.25) is 6.29 Å². The highest BCUT2D eigenvalue weighted by Gasteiger charge is 2.72. The van der Waals surface area contributed by atoms with Gasteiger partial charge < -0.3 is 163 Å². The summed E-state index contributed by atoms with van der Waals surface area (Å²) in [5.41, 5.74) is -5.42. The molecule has 12 aliphatic rings. The Morgan fingerprint density at radius 3 is 1.64 bits per heavy atom. The van der Waals surface area contributed by atoms with Crippen LogP contribution in [-0.2, 0) is 71.1 Å². The first-order valence-corrected chi connectivity index (χ1v) is 35.5. The molecule has 0 bridgehead atoms. The first-order valence-electron chi connectivity index (χ1n) is 35.5. The van der Waals surface area contributed by atoms with Crippen LogP contribution < -0.4 is 0 Å². The first-order chi connectivity index (χ1) is 47.5. The lowest BCUT2D eigenvalue weighted by molar-refractivity contribution is -0.390. The van der Waals surface area contributed by atoms with Crippen LogP contribution in [0.15, 0.2) is 11.6 Å². The van der Waals surface area contributed by atoms with E-state index in [4.69, 9.17) is 66.3 Å². The van der Waals surface area contributed by atoms with E-state index in [9.17, 15) is 97.0 Å². The Morgan fingerprint density at radius 2 is 1.03 bits per heavy atom. The van der Waals surface area contributed by atoms with Crippen molar-refractivity contribution in [1.29, 1.82) is 0 Å². The normalized spacial score (nSPS) is 55.3. The average Bonchev–Trinajstić information content (AvgIpc) is 0.946. The van der Waals surface area contributed by atoms with Crippen LogP contribution in [0.3, 0.4) is 0 Å². The second kappa shape index (κ2) is 29.4. The number of rotatable bonds is 17. The molecule has 101 heavy (non-hydrogen) atoms. The summed E-state index contributed by atoms with van der Waals surface area (Å²) in [7, 11) is 0. The largest absolute Gasteiger partial charge is 0.432 e. The zero-order valence-corrected chi connectivity index (χ0v) is 57.8. The number of fused-ring (bicyclic) bond motifs is 7. The Morgan fingerprint density at radius 1 is 0.495 bits per heavy atom. The molecule has 34 nitrogen and oxygen atoms in total. The summed E-state index contributed by atoms with van der Waals surface area (Å²) in [6.07, 6.45) is -43.9. The van der Waals surface area contributed by atoms with E-state index in [0.29, 0.717) is 51.4 Å². The molecule has 11 fully saturated rings. The van der Waals surface area contributed by atoms with E-state index in [0.717, 1.165) is 5.57 Å². The van der Waals surface area contributed by atoms with Crippen molar-refractivity contribution in [3.63, 3.8) is 0 Å². The van der Waals surface area contributed by atoms with Crippen LogP contribution in [0.2, 0.25) is 0 Å². The monoisotopic (exact) mass is 1460 g/mol. The Kier molecular flexibility index (Phi) is 22.8. The molecule has 0 aromatic rings. The van der Waals surface area contributed by atoms with Gasteiger partial charge in [-0.3, -0.25) is 4.79 Å². The molecule has 19 N–H and O–H groups in total. The average molecular weight is 1460 g/mol. The smallest absolute Gasteiger partial charge is 0.315 e. The fourth-order valence-electron chi connectivity index (χ4n) is 19.7. The summed E-state index contributed by atoms with van der Waals surface area (Å²) >= 11 is 0. The first kappa shape index (κ1) is 78.5. The number of carbonyl (C=O) groups is 1. The van der Waals surface area contributed by atoms with Gasteiger partial charge in [0.15, 0.2) is 43.8 Å². The van der Waals surface area contributed by atoms with Gasteiger partial charge in [0, 0.05) is 5.41 Å². The van der Waals surface area contributed by atoms with Crippen LogP contribution in [0.25, 0.3) is 0 Å². The lowest BCUT2D eigenvalue weighted by Gasteiger charge is -2.72. The standard InChI is InChI=1S/C67H108O34/c1-26-46(95-55-43(82)47(33(75)22-90-55)96-59-51(85)67(87,24-70)25-92-59)49(98-54-42(81)38(77)31(73)20-89-54)45(84)56(93-26)99-50-39(78)32(74)21-91-58(50)101-60(86)66-14-12-61(2,3)16-28(66)27-8-9-36-62(4)17-29(71)52(63(5,23-69)35(62)10-11-65(36,7)64(27,6)13-15-66)100-57-44(83)48(40(79)34(18-68)94-57)97-53-41(80)37(76)30(72)19-88-53/h8,26,28-59,68-85,87H,9-25H2,1-7H3. The lowest BCUT2D eigenvalue weighted by atomic mass is 9.33. The van der Waals surface area contributed by atoms with Gasteiger partial charge in [-0.05, 0) is 104 Å². The summed E-state index contributed by atoms with van der Waals surface area (Å²) < 4.78 is 83.5. The molecule has 580 valence electrons. The number of hydrogen-bond donors (Lipinski definition) is 19. The van der Waals surface area contributed by atoms with Gasteiger partial charge >= 0.3 is 5.97 Å². The summed E-state index contributed by atoms with van der Waals surface area (Å²) in [6.45, 7) is 9.39. The molecule has 7 aliphatic heterocycles. The van der Waals surface area contributed by atoms with E-state index in [1.165, 1.54) is 6.92 Å². The number of hydrogen-bond acceptors (Lipinski definition) is 34. The molecular weight excluding hydrogens is 1350 g/mol. The van der Waals surface area contributed by atoms with Gasteiger partial charge in [0.25, 0.3) is 0 Å². The molecule has 0 amide bonds. The molecule has 0 aromatic heterocycles. The Balaban J connectivity index is 0.771. The van der Waals surface area contributed by atoms with Crippen LogP contribution in [0.4, 0.5) is 0 Å². The van der Waals surface area contributed by atoms with Crippen LogP contribution in [0.1, 0.15) is 106 Å². The molecule has 39 atom stereocenters. The number of esters is 1. The third-order valence-corrected chi connectivity index (χ3v) is 26.0. The van der Waals surface area contributed by atoms with Crippen molar-refractivity contribution in [1.82, 2.24) is 0 Å². The Bertz CT molecular complexity index is 2880. The SMILES string of the molecule is CC1OC(OC2C(OC(=O)C34CCC(C)(C)CC3C3=CCC5C6(C)CC(O)C(OC7OC(CO)C(O)C(OC8OCC(O)C(O)C8O)C7O)C(C)(CO)C6CCC5(C)C3(C)CC4)OCC(O)C2O)C(O)C(OC2OCC(O)C(O)C2O)C1OC1OCC(O)C(OC2OCC(O)(CO)C2O)C1O. The van der Waals surface area contributed by atoms with Gasteiger partial charge in [-0.2, -0.15) is 0 Å². The minimum absolute atomic E-state index is 0.119. The molecule has 0 aromatic carbocycles. The molecule has 5 aliphatic carbocycles. The molecule has 7 saturated heterocycles. The molecule has 7 heterocycles. The summed E-state index contributed by atoms with van der Waals surface area (Å²) in [4.78, 5) is 15.7. The minimum Gasteiger partial charge on any atom is -0.432 e. The van der Waals surface area contributed by atoms with E-state index >= 15 is 4.79 Å². The van der Waals surface area contributed by atoms with Gasteiger partial charge in [-0.1, -0.05) is 53.2 Å². The number of carbonyl (C=O) groups excluding carboxylic acids is 1. The van der Waals surface area contributed by atoms with Crippen molar-refractivity contribution in [2.45, 2.75) is 296 Å². The van der Waals surface area contributed by atoms with E-state index in [-0.39, 0.29) is 23.7 Å². The Labute approximate surface area is 583 Å². The van der Waals surface area contributed by atoms with Crippen molar-refractivity contribution in [3.8, 4) is 0 Å². The topological polar surface area (TPSA) is 531 Å². The van der Waals surface area contributed by atoms with Crippen molar-refractivity contribution >= 4 is 5.97 Å². The quantitative estimate of drug-likeness (QED) is 0.0366. The van der Waals surface area contributed by atoms with Crippen LogP contribution in [0, 0.1) is 50.2 Å². The number of ether oxygens (including phenoxy) is 14. The summed E-state index contributed by atoms with van der Waals surface area (Å²) in [5, 5.41) is 210. The fourth-order valence-corrected chi connectivity index (χ4v) is 19.7. The molecular formula is C67H108O34. The lowest BCUT2D eigenvalue weighted by Crippen LogP contribution is -2.70. The highest BCUT2D eigenvalue weighted by Crippen LogP contribution is 2.76. The number of allylic oxidation sites excluding steroid dienone is 2. The molecule has 0 spiro atoms. The molecule has 0 radical (unpaired) electrons.